The lowest BCUT2D eigenvalue weighted by atomic mass is 10.0. The number of benzene rings is 1. The number of nitrogens with one attached hydrogen (secondary N) is 1. The summed E-state index contributed by atoms with van der Waals surface area (Å²) in [4.78, 5) is 4.37. The maximum atomic E-state index is 5.66. The van der Waals surface area contributed by atoms with Crippen molar-refractivity contribution < 1.29 is 4.42 Å². The van der Waals surface area contributed by atoms with E-state index in [0.29, 0.717) is 0 Å². The molecule has 0 fully saturated rings. The van der Waals surface area contributed by atoms with Crippen LogP contribution in [-0.4, -0.2) is 11.5 Å². The Balaban J connectivity index is 2.03. The minimum atomic E-state index is 0.0407. The third-order valence-electron chi connectivity index (χ3n) is 3.47. The SMILES string of the molecule is CCCNC(c1ccc2ncccc2c1)c1occc1Br. The van der Waals surface area contributed by atoms with Crippen molar-refractivity contribution in [3.05, 3.63) is 64.7 Å². The lowest BCUT2D eigenvalue weighted by molar-refractivity contribution is 0.444. The highest BCUT2D eigenvalue weighted by atomic mass is 79.9. The Labute approximate surface area is 132 Å². The highest BCUT2D eigenvalue weighted by molar-refractivity contribution is 9.10. The van der Waals surface area contributed by atoms with Gasteiger partial charge in [-0.1, -0.05) is 19.1 Å². The average Bonchev–Trinajstić information content (AvgIpc) is 2.94. The van der Waals surface area contributed by atoms with Crippen molar-refractivity contribution in [2.24, 2.45) is 0 Å². The zero-order chi connectivity index (χ0) is 14.7. The minimum absolute atomic E-state index is 0.0407. The molecular weight excluding hydrogens is 328 g/mol. The molecule has 0 saturated heterocycles. The molecule has 3 rings (SSSR count). The molecule has 0 amide bonds. The second-order valence-corrected chi connectivity index (χ2v) is 5.83. The molecule has 3 aromatic rings. The summed E-state index contributed by atoms with van der Waals surface area (Å²) in [5.74, 6) is 0.909. The van der Waals surface area contributed by atoms with Crippen LogP contribution in [0.15, 0.2) is 57.7 Å². The zero-order valence-corrected chi connectivity index (χ0v) is 13.4. The highest BCUT2D eigenvalue weighted by Gasteiger charge is 2.19. The van der Waals surface area contributed by atoms with Gasteiger partial charge in [0, 0.05) is 11.6 Å². The zero-order valence-electron chi connectivity index (χ0n) is 11.8. The van der Waals surface area contributed by atoms with Crippen molar-refractivity contribution in [2.45, 2.75) is 19.4 Å². The number of rotatable bonds is 5. The summed E-state index contributed by atoms with van der Waals surface area (Å²) in [7, 11) is 0. The Hall–Kier alpha value is -1.65. The van der Waals surface area contributed by atoms with E-state index in [1.807, 2.05) is 18.3 Å². The molecule has 108 valence electrons. The van der Waals surface area contributed by atoms with Crippen LogP contribution in [0.3, 0.4) is 0 Å². The van der Waals surface area contributed by atoms with Crippen LogP contribution in [0, 0.1) is 0 Å². The van der Waals surface area contributed by atoms with Crippen molar-refractivity contribution in [3.63, 3.8) is 0 Å². The van der Waals surface area contributed by atoms with Gasteiger partial charge >= 0.3 is 0 Å². The Bertz CT molecular complexity index is 738. The smallest absolute Gasteiger partial charge is 0.139 e. The van der Waals surface area contributed by atoms with E-state index in [4.69, 9.17) is 4.42 Å². The van der Waals surface area contributed by atoms with E-state index in [9.17, 15) is 0 Å². The molecule has 2 aromatic heterocycles. The average molecular weight is 345 g/mol. The Morgan fingerprint density at radius 1 is 1.29 bits per heavy atom. The lowest BCUT2D eigenvalue weighted by Crippen LogP contribution is -2.23. The molecule has 1 unspecified atom stereocenters. The molecule has 0 spiro atoms. The van der Waals surface area contributed by atoms with Crippen molar-refractivity contribution in [1.82, 2.24) is 10.3 Å². The first kappa shape index (κ1) is 14.3. The van der Waals surface area contributed by atoms with Gasteiger partial charge in [0.2, 0.25) is 0 Å². The van der Waals surface area contributed by atoms with Crippen LogP contribution in [-0.2, 0) is 0 Å². The molecule has 0 aliphatic carbocycles. The number of hydrogen-bond acceptors (Lipinski definition) is 3. The maximum absolute atomic E-state index is 5.66. The first-order valence-corrected chi connectivity index (χ1v) is 7.90. The van der Waals surface area contributed by atoms with Crippen LogP contribution in [0.4, 0.5) is 0 Å². The monoisotopic (exact) mass is 344 g/mol. The molecule has 1 atom stereocenters. The van der Waals surface area contributed by atoms with Crippen molar-refractivity contribution in [3.8, 4) is 0 Å². The predicted octanol–water partition coefficient (Wildman–Crippen LogP) is 4.68. The molecule has 21 heavy (non-hydrogen) atoms. The highest BCUT2D eigenvalue weighted by Crippen LogP contribution is 2.30. The van der Waals surface area contributed by atoms with Gasteiger partial charge in [0.15, 0.2) is 0 Å². The third-order valence-corrected chi connectivity index (χ3v) is 4.12. The number of nitrogens with zero attached hydrogens (tertiary/aromatic N) is 1. The lowest BCUT2D eigenvalue weighted by Gasteiger charge is -2.18. The number of furan rings is 1. The standard InChI is InChI=1S/C17H17BrN2O/c1-2-8-20-16(17-14(18)7-10-21-17)13-5-6-15-12(11-13)4-3-9-19-15/h3-7,9-11,16,20H,2,8H2,1H3. The Kier molecular flexibility index (Phi) is 4.36. The molecule has 1 N–H and O–H groups in total. The molecule has 0 radical (unpaired) electrons. The Morgan fingerprint density at radius 3 is 2.95 bits per heavy atom. The van der Waals surface area contributed by atoms with Crippen LogP contribution < -0.4 is 5.32 Å². The van der Waals surface area contributed by atoms with Crippen LogP contribution in [0.2, 0.25) is 0 Å². The minimum Gasteiger partial charge on any atom is -0.466 e. The van der Waals surface area contributed by atoms with E-state index in [1.54, 1.807) is 6.26 Å². The first-order valence-electron chi connectivity index (χ1n) is 7.10. The predicted molar refractivity (Wildman–Crippen MR) is 88.3 cm³/mol. The topological polar surface area (TPSA) is 38.1 Å². The van der Waals surface area contributed by atoms with Crippen molar-refractivity contribution in [1.29, 1.82) is 0 Å². The Morgan fingerprint density at radius 2 is 2.19 bits per heavy atom. The van der Waals surface area contributed by atoms with Gasteiger partial charge in [0.25, 0.3) is 0 Å². The fraction of sp³-hybridized carbons (Fsp3) is 0.235. The third kappa shape index (κ3) is 3.01. The number of hydrogen-bond donors (Lipinski definition) is 1. The van der Waals surface area contributed by atoms with Gasteiger partial charge in [0.1, 0.15) is 5.76 Å². The molecule has 0 aliphatic rings. The second-order valence-electron chi connectivity index (χ2n) is 4.98. The fourth-order valence-electron chi connectivity index (χ4n) is 2.44. The summed E-state index contributed by atoms with van der Waals surface area (Å²) in [5.41, 5.74) is 2.19. The van der Waals surface area contributed by atoms with E-state index >= 15 is 0 Å². The molecule has 0 saturated carbocycles. The van der Waals surface area contributed by atoms with Gasteiger partial charge in [-0.15, -0.1) is 0 Å². The summed E-state index contributed by atoms with van der Waals surface area (Å²) in [5, 5.41) is 4.69. The summed E-state index contributed by atoms with van der Waals surface area (Å²) in [6.07, 6.45) is 4.60. The van der Waals surface area contributed by atoms with Gasteiger partial charge in [-0.05, 0) is 58.7 Å². The summed E-state index contributed by atoms with van der Waals surface area (Å²) in [6.45, 7) is 3.09. The number of fused-ring (bicyclic) bond motifs is 1. The second kappa shape index (κ2) is 6.41. The van der Waals surface area contributed by atoms with Crippen molar-refractivity contribution >= 4 is 26.8 Å². The number of aromatic nitrogens is 1. The van der Waals surface area contributed by atoms with Gasteiger partial charge < -0.3 is 9.73 Å². The summed E-state index contributed by atoms with van der Waals surface area (Å²) in [6, 6.07) is 12.4. The van der Waals surface area contributed by atoms with E-state index in [1.165, 1.54) is 5.56 Å². The van der Waals surface area contributed by atoms with Gasteiger partial charge in [-0.25, -0.2) is 0 Å². The first-order chi connectivity index (χ1) is 10.3. The largest absolute Gasteiger partial charge is 0.466 e. The fourth-order valence-corrected chi connectivity index (χ4v) is 2.87. The normalized spacial score (nSPS) is 12.7. The quantitative estimate of drug-likeness (QED) is 0.730. The maximum Gasteiger partial charge on any atom is 0.139 e. The van der Waals surface area contributed by atoms with E-state index in [-0.39, 0.29) is 6.04 Å². The van der Waals surface area contributed by atoms with Crippen LogP contribution in [0.1, 0.15) is 30.7 Å². The molecular formula is C17H17BrN2O. The van der Waals surface area contributed by atoms with E-state index in [0.717, 1.165) is 34.1 Å². The molecule has 2 heterocycles. The number of halogens is 1. The van der Waals surface area contributed by atoms with Crippen LogP contribution in [0.25, 0.3) is 10.9 Å². The molecule has 4 heteroatoms. The van der Waals surface area contributed by atoms with E-state index < -0.39 is 0 Å². The van der Waals surface area contributed by atoms with E-state index in [2.05, 4.69) is 57.4 Å². The molecule has 3 nitrogen and oxygen atoms in total. The van der Waals surface area contributed by atoms with Crippen LogP contribution in [0.5, 0.6) is 0 Å². The summed E-state index contributed by atoms with van der Waals surface area (Å²) >= 11 is 3.56. The molecule has 0 bridgehead atoms. The molecule has 0 aliphatic heterocycles. The van der Waals surface area contributed by atoms with Crippen LogP contribution >= 0.6 is 15.9 Å². The van der Waals surface area contributed by atoms with Gasteiger partial charge in [-0.2, -0.15) is 0 Å². The summed E-state index contributed by atoms with van der Waals surface area (Å²) < 4.78 is 6.65. The van der Waals surface area contributed by atoms with Gasteiger partial charge in [-0.3, -0.25) is 4.98 Å². The number of pyridine rings is 1. The van der Waals surface area contributed by atoms with Gasteiger partial charge in [0.05, 0.1) is 22.3 Å². The van der Waals surface area contributed by atoms with Crippen molar-refractivity contribution in [2.75, 3.05) is 6.54 Å². The molecule has 1 aromatic carbocycles.